The summed E-state index contributed by atoms with van der Waals surface area (Å²) in [4.78, 5) is 12.0. The van der Waals surface area contributed by atoms with Gasteiger partial charge in [-0.25, -0.2) is 4.98 Å². The summed E-state index contributed by atoms with van der Waals surface area (Å²) < 4.78 is 0. The zero-order valence-electron chi connectivity index (χ0n) is 15.8. The first-order chi connectivity index (χ1) is 12.5. The van der Waals surface area contributed by atoms with Crippen LogP contribution < -0.4 is 10.2 Å². The lowest BCUT2D eigenvalue weighted by Crippen LogP contribution is -2.29. The lowest BCUT2D eigenvalue weighted by atomic mass is 9.93. The summed E-state index contributed by atoms with van der Waals surface area (Å²) in [7, 11) is 0. The highest BCUT2D eigenvalue weighted by atomic mass is 15.3. The standard InChI is InChI=1S/C22H26N4/c1-16-10-12-17(13-11-16)22(2,3)25-20-18-8-4-5-9-19(18)23-21(24-20)26-14-6-7-15-26/h4-5,8-13H,6-7,14-15H2,1-3H3,(H,23,24,25). The highest BCUT2D eigenvalue weighted by molar-refractivity contribution is 5.90. The van der Waals surface area contributed by atoms with Gasteiger partial charge in [0.1, 0.15) is 5.82 Å². The predicted molar refractivity (Wildman–Crippen MR) is 109 cm³/mol. The van der Waals surface area contributed by atoms with E-state index in [1.54, 1.807) is 0 Å². The Bertz CT molecular complexity index is 909. The molecule has 1 aromatic heterocycles. The third-order valence-electron chi connectivity index (χ3n) is 5.18. The van der Waals surface area contributed by atoms with Crippen molar-refractivity contribution in [3.63, 3.8) is 0 Å². The molecule has 1 aliphatic rings. The van der Waals surface area contributed by atoms with E-state index in [1.807, 2.05) is 12.1 Å². The van der Waals surface area contributed by atoms with Crippen LogP contribution in [0.3, 0.4) is 0 Å². The van der Waals surface area contributed by atoms with Gasteiger partial charge in [-0.1, -0.05) is 42.0 Å². The summed E-state index contributed by atoms with van der Waals surface area (Å²) >= 11 is 0. The zero-order chi connectivity index (χ0) is 18.1. The second-order valence-electron chi connectivity index (χ2n) is 7.70. The van der Waals surface area contributed by atoms with Gasteiger partial charge in [-0.05, 0) is 51.3 Å². The Balaban J connectivity index is 1.75. The van der Waals surface area contributed by atoms with Crippen LogP contribution in [0.2, 0.25) is 0 Å². The van der Waals surface area contributed by atoms with Crippen molar-refractivity contribution in [2.75, 3.05) is 23.3 Å². The first-order valence-corrected chi connectivity index (χ1v) is 9.40. The molecule has 4 nitrogen and oxygen atoms in total. The van der Waals surface area contributed by atoms with Crippen LogP contribution in [0, 0.1) is 6.92 Å². The molecular weight excluding hydrogens is 320 g/mol. The number of benzene rings is 2. The number of fused-ring (bicyclic) bond motifs is 1. The van der Waals surface area contributed by atoms with E-state index in [0.29, 0.717) is 0 Å². The number of aryl methyl sites for hydroxylation is 1. The molecule has 4 heteroatoms. The minimum Gasteiger partial charge on any atom is -0.360 e. The molecular formula is C22H26N4. The van der Waals surface area contributed by atoms with Crippen LogP contribution in [-0.4, -0.2) is 23.1 Å². The molecule has 2 aromatic carbocycles. The van der Waals surface area contributed by atoms with E-state index in [2.05, 4.69) is 67.4 Å². The normalized spacial score (nSPS) is 14.8. The van der Waals surface area contributed by atoms with Crippen molar-refractivity contribution in [2.24, 2.45) is 0 Å². The predicted octanol–water partition coefficient (Wildman–Crippen LogP) is 4.89. The number of para-hydroxylation sites is 1. The topological polar surface area (TPSA) is 41.1 Å². The Morgan fingerprint density at radius 1 is 0.923 bits per heavy atom. The molecule has 0 bridgehead atoms. The molecule has 0 radical (unpaired) electrons. The van der Waals surface area contributed by atoms with Crippen LogP contribution in [0.4, 0.5) is 11.8 Å². The minimum absolute atomic E-state index is 0.229. The van der Waals surface area contributed by atoms with E-state index in [9.17, 15) is 0 Å². The number of nitrogens with one attached hydrogen (secondary N) is 1. The fourth-order valence-electron chi connectivity index (χ4n) is 3.56. The Hall–Kier alpha value is -2.62. The van der Waals surface area contributed by atoms with Crippen molar-refractivity contribution in [3.8, 4) is 0 Å². The monoisotopic (exact) mass is 346 g/mol. The molecule has 0 unspecified atom stereocenters. The number of anilines is 2. The van der Waals surface area contributed by atoms with Crippen LogP contribution in [0.5, 0.6) is 0 Å². The summed E-state index contributed by atoms with van der Waals surface area (Å²) in [5.74, 6) is 1.74. The van der Waals surface area contributed by atoms with Crippen molar-refractivity contribution < 1.29 is 0 Å². The van der Waals surface area contributed by atoms with Crippen LogP contribution in [0.25, 0.3) is 10.9 Å². The maximum absolute atomic E-state index is 4.91. The average molecular weight is 346 g/mol. The average Bonchev–Trinajstić information content (AvgIpc) is 3.16. The number of hydrogen-bond acceptors (Lipinski definition) is 4. The molecule has 1 N–H and O–H groups in total. The molecule has 26 heavy (non-hydrogen) atoms. The quantitative estimate of drug-likeness (QED) is 0.730. The molecule has 0 saturated carbocycles. The molecule has 1 saturated heterocycles. The molecule has 0 amide bonds. The Kier molecular flexibility index (Phi) is 4.27. The van der Waals surface area contributed by atoms with Gasteiger partial charge in [-0.2, -0.15) is 4.98 Å². The number of hydrogen-bond donors (Lipinski definition) is 1. The second kappa shape index (κ2) is 6.60. The first kappa shape index (κ1) is 16.8. The summed E-state index contributed by atoms with van der Waals surface area (Å²) in [6.45, 7) is 8.59. The minimum atomic E-state index is -0.229. The molecule has 4 rings (SSSR count). The van der Waals surface area contributed by atoms with E-state index in [1.165, 1.54) is 24.0 Å². The van der Waals surface area contributed by atoms with Crippen LogP contribution in [0.1, 0.15) is 37.8 Å². The van der Waals surface area contributed by atoms with Gasteiger partial charge in [0.25, 0.3) is 0 Å². The van der Waals surface area contributed by atoms with Crippen LogP contribution >= 0.6 is 0 Å². The maximum Gasteiger partial charge on any atom is 0.227 e. The summed E-state index contributed by atoms with van der Waals surface area (Å²) in [6, 6.07) is 16.9. The van der Waals surface area contributed by atoms with Crippen molar-refractivity contribution in [1.29, 1.82) is 0 Å². The van der Waals surface area contributed by atoms with Crippen molar-refractivity contribution in [1.82, 2.24) is 9.97 Å². The third-order valence-corrected chi connectivity index (χ3v) is 5.18. The van der Waals surface area contributed by atoms with E-state index in [4.69, 9.17) is 9.97 Å². The highest BCUT2D eigenvalue weighted by Gasteiger charge is 2.23. The fraction of sp³-hybridized carbons (Fsp3) is 0.364. The van der Waals surface area contributed by atoms with Crippen molar-refractivity contribution in [3.05, 3.63) is 59.7 Å². The van der Waals surface area contributed by atoms with Gasteiger partial charge in [0.2, 0.25) is 5.95 Å². The van der Waals surface area contributed by atoms with E-state index in [-0.39, 0.29) is 5.54 Å². The lowest BCUT2D eigenvalue weighted by molar-refractivity contribution is 0.606. The first-order valence-electron chi connectivity index (χ1n) is 9.40. The molecule has 3 aromatic rings. The number of rotatable bonds is 4. The van der Waals surface area contributed by atoms with Gasteiger partial charge < -0.3 is 10.2 Å². The molecule has 0 spiro atoms. The number of aromatic nitrogens is 2. The van der Waals surface area contributed by atoms with Gasteiger partial charge in [-0.15, -0.1) is 0 Å². The Labute approximate surface area is 155 Å². The van der Waals surface area contributed by atoms with Gasteiger partial charge in [-0.3, -0.25) is 0 Å². The van der Waals surface area contributed by atoms with E-state index >= 15 is 0 Å². The molecule has 1 fully saturated rings. The van der Waals surface area contributed by atoms with Gasteiger partial charge in [0.15, 0.2) is 0 Å². The van der Waals surface area contributed by atoms with E-state index < -0.39 is 0 Å². The van der Waals surface area contributed by atoms with Crippen molar-refractivity contribution >= 4 is 22.7 Å². The molecule has 2 heterocycles. The van der Waals surface area contributed by atoms with Gasteiger partial charge in [0, 0.05) is 18.5 Å². The lowest BCUT2D eigenvalue weighted by Gasteiger charge is -2.29. The fourth-order valence-corrected chi connectivity index (χ4v) is 3.56. The SMILES string of the molecule is Cc1ccc(C(C)(C)Nc2nc(N3CCCC3)nc3ccccc23)cc1. The van der Waals surface area contributed by atoms with Gasteiger partial charge in [0.05, 0.1) is 11.1 Å². The molecule has 1 aliphatic heterocycles. The highest BCUT2D eigenvalue weighted by Crippen LogP contribution is 2.31. The van der Waals surface area contributed by atoms with Gasteiger partial charge >= 0.3 is 0 Å². The second-order valence-corrected chi connectivity index (χ2v) is 7.70. The zero-order valence-corrected chi connectivity index (χ0v) is 15.8. The molecule has 0 atom stereocenters. The van der Waals surface area contributed by atoms with Crippen LogP contribution in [-0.2, 0) is 5.54 Å². The number of nitrogens with zero attached hydrogens (tertiary/aromatic N) is 3. The maximum atomic E-state index is 4.91. The Morgan fingerprint density at radius 2 is 1.62 bits per heavy atom. The summed E-state index contributed by atoms with van der Waals surface area (Å²) in [6.07, 6.45) is 2.43. The Morgan fingerprint density at radius 3 is 2.35 bits per heavy atom. The van der Waals surface area contributed by atoms with E-state index in [0.717, 1.165) is 35.8 Å². The largest absolute Gasteiger partial charge is 0.360 e. The molecule has 134 valence electrons. The summed E-state index contributed by atoms with van der Waals surface area (Å²) in [5, 5.41) is 4.75. The molecule has 0 aliphatic carbocycles. The smallest absolute Gasteiger partial charge is 0.227 e. The van der Waals surface area contributed by atoms with Crippen molar-refractivity contribution in [2.45, 2.75) is 39.2 Å². The van der Waals surface area contributed by atoms with Crippen LogP contribution in [0.15, 0.2) is 48.5 Å². The third kappa shape index (κ3) is 3.24. The summed E-state index contributed by atoms with van der Waals surface area (Å²) in [5.41, 5.74) is 3.28.